The zero-order valence-electron chi connectivity index (χ0n) is 30.5. The predicted molar refractivity (Wildman–Crippen MR) is 177 cm³/mol. The molecule has 1 amide bonds. The van der Waals surface area contributed by atoms with E-state index in [2.05, 4.69) is 5.32 Å². The van der Waals surface area contributed by atoms with E-state index in [4.69, 9.17) is 33.2 Å². The second kappa shape index (κ2) is 24.8. The summed E-state index contributed by atoms with van der Waals surface area (Å²) >= 11 is 0. The number of rotatable bonds is 24. The van der Waals surface area contributed by atoms with Crippen LogP contribution >= 0.6 is 0 Å². The van der Waals surface area contributed by atoms with Crippen molar-refractivity contribution >= 4 is 35.8 Å². The third kappa shape index (κ3) is 20.1. The van der Waals surface area contributed by atoms with Crippen molar-refractivity contribution in [2.24, 2.45) is 0 Å². The van der Waals surface area contributed by atoms with Gasteiger partial charge in [0, 0.05) is 41.5 Å². The quantitative estimate of drug-likeness (QED) is 0.0838. The number of nitrogens with one attached hydrogen (secondary N) is 1. The highest BCUT2D eigenvalue weighted by Crippen LogP contribution is 2.31. The lowest BCUT2D eigenvalue weighted by atomic mass is 9.97. The summed E-state index contributed by atoms with van der Waals surface area (Å²) in [4.78, 5) is 70.8. The first-order chi connectivity index (χ1) is 23.2. The maximum atomic E-state index is 12.2. The molecule has 0 aromatic rings. The van der Waals surface area contributed by atoms with Gasteiger partial charge in [0.15, 0.2) is 24.6 Å². The van der Waals surface area contributed by atoms with E-state index in [-0.39, 0.29) is 18.5 Å². The number of esters is 5. The van der Waals surface area contributed by atoms with Crippen molar-refractivity contribution in [3.05, 3.63) is 0 Å². The molecule has 0 aliphatic carbocycles. The molecule has 1 aliphatic rings. The van der Waals surface area contributed by atoms with Gasteiger partial charge in [-0.05, 0) is 19.8 Å². The molecule has 0 radical (unpaired) electrons. The summed E-state index contributed by atoms with van der Waals surface area (Å²) in [5, 5.41) is 2.85. The average Bonchev–Trinajstić information content (AvgIpc) is 2.99. The molecule has 0 bridgehead atoms. The SMILES string of the molecule is CC(=O)N[C@H](C)[C@@H](CCCCCCCCCCCCCCOC(C)=O)O[C@@H]1O[C@H](COC(C)=O)[C@H](OC(C)=O)[C@H](OC(C)=O)[C@H]1OC(C)=O. The van der Waals surface area contributed by atoms with E-state index in [1.165, 1.54) is 53.4 Å². The van der Waals surface area contributed by atoms with Crippen LogP contribution in [0.2, 0.25) is 0 Å². The molecule has 1 aliphatic heterocycles. The van der Waals surface area contributed by atoms with Crippen LogP contribution in [-0.2, 0) is 61.9 Å². The first-order valence-electron chi connectivity index (χ1n) is 17.6. The van der Waals surface area contributed by atoms with Crippen molar-refractivity contribution < 1.29 is 61.9 Å². The number of carbonyl (C=O) groups is 6. The smallest absolute Gasteiger partial charge is 0.303 e. The Hall–Kier alpha value is -3.26. The topological polar surface area (TPSA) is 179 Å². The van der Waals surface area contributed by atoms with Gasteiger partial charge >= 0.3 is 29.8 Å². The van der Waals surface area contributed by atoms with Crippen LogP contribution in [0.25, 0.3) is 0 Å². The Labute approximate surface area is 290 Å². The lowest BCUT2D eigenvalue weighted by Gasteiger charge is -2.45. The van der Waals surface area contributed by atoms with Gasteiger partial charge in [-0.15, -0.1) is 0 Å². The van der Waals surface area contributed by atoms with Crippen LogP contribution in [0.4, 0.5) is 0 Å². The van der Waals surface area contributed by atoms with E-state index >= 15 is 0 Å². The average molecular weight is 702 g/mol. The number of hydrogen-bond acceptors (Lipinski definition) is 13. The van der Waals surface area contributed by atoms with Crippen molar-refractivity contribution in [1.29, 1.82) is 0 Å². The molecule has 1 rings (SSSR count). The molecule has 0 saturated carbocycles. The molecule has 14 heteroatoms. The Morgan fingerprint density at radius 1 is 0.571 bits per heavy atom. The number of ether oxygens (including phenoxy) is 7. The van der Waals surface area contributed by atoms with Crippen molar-refractivity contribution in [3.63, 3.8) is 0 Å². The molecule has 49 heavy (non-hydrogen) atoms. The molecule has 0 aromatic carbocycles. The number of amides is 1. The third-order valence-electron chi connectivity index (χ3n) is 7.93. The van der Waals surface area contributed by atoms with Gasteiger partial charge in [-0.3, -0.25) is 28.8 Å². The Bertz CT molecular complexity index is 1030. The molecule has 0 unspecified atom stereocenters. The van der Waals surface area contributed by atoms with Crippen LogP contribution in [-0.4, -0.2) is 91.8 Å². The van der Waals surface area contributed by atoms with Crippen LogP contribution in [0.5, 0.6) is 0 Å². The summed E-state index contributed by atoms with van der Waals surface area (Å²) in [5.74, 6) is -3.28. The van der Waals surface area contributed by atoms with Gasteiger partial charge in [-0.1, -0.05) is 70.6 Å². The second-order valence-electron chi connectivity index (χ2n) is 12.6. The number of carbonyl (C=O) groups excluding carboxylic acids is 6. The highest BCUT2D eigenvalue weighted by atomic mass is 16.7. The fourth-order valence-electron chi connectivity index (χ4n) is 5.75. The van der Waals surface area contributed by atoms with Crippen molar-refractivity contribution in [2.45, 2.75) is 175 Å². The molecular formula is C35H59NO13. The molecule has 1 saturated heterocycles. The molecule has 14 nitrogen and oxygen atoms in total. The molecule has 7 atom stereocenters. The maximum Gasteiger partial charge on any atom is 0.303 e. The van der Waals surface area contributed by atoms with Gasteiger partial charge in [0.25, 0.3) is 0 Å². The monoisotopic (exact) mass is 701 g/mol. The molecule has 282 valence electrons. The first-order valence-corrected chi connectivity index (χ1v) is 17.6. The molecular weight excluding hydrogens is 642 g/mol. The van der Waals surface area contributed by atoms with Crippen LogP contribution in [0.15, 0.2) is 0 Å². The highest BCUT2D eigenvalue weighted by Gasteiger charge is 2.53. The minimum Gasteiger partial charge on any atom is -0.466 e. The number of unbranched alkanes of at least 4 members (excludes halogenated alkanes) is 11. The first kappa shape index (κ1) is 43.8. The fourth-order valence-corrected chi connectivity index (χ4v) is 5.75. The second-order valence-corrected chi connectivity index (χ2v) is 12.6. The van der Waals surface area contributed by atoms with Crippen LogP contribution in [0.3, 0.4) is 0 Å². The maximum absolute atomic E-state index is 12.2. The minimum atomic E-state index is -1.34. The summed E-state index contributed by atoms with van der Waals surface area (Å²) in [6.45, 7) is 9.44. The van der Waals surface area contributed by atoms with Crippen LogP contribution in [0.1, 0.15) is 132 Å². The molecule has 1 heterocycles. The highest BCUT2D eigenvalue weighted by molar-refractivity contribution is 5.73. The van der Waals surface area contributed by atoms with E-state index in [0.717, 1.165) is 65.2 Å². The van der Waals surface area contributed by atoms with Crippen molar-refractivity contribution in [2.75, 3.05) is 13.2 Å². The van der Waals surface area contributed by atoms with Crippen LogP contribution < -0.4 is 5.32 Å². The van der Waals surface area contributed by atoms with E-state index in [9.17, 15) is 28.8 Å². The van der Waals surface area contributed by atoms with Gasteiger partial charge in [-0.2, -0.15) is 0 Å². The van der Waals surface area contributed by atoms with Gasteiger partial charge in [0.2, 0.25) is 5.91 Å². The van der Waals surface area contributed by atoms with Crippen molar-refractivity contribution in [3.8, 4) is 0 Å². The van der Waals surface area contributed by atoms with Crippen molar-refractivity contribution in [1.82, 2.24) is 5.32 Å². The molecule has 1 N–H and O–H groups in total. The van der Waals surface area contributed by atoms with E-state index in [1.54, 1.807) is 6.92 Å². The lowest BCUT2D eigenvalue weighted by molar-refractivity contribution is -0.318. The standard InChI is InChI=1S/C35H59NO13/c1-23(36-24(2)37)30(20-18-16-14-12-10-8-9-11-13-15-17-19-21-43-25(3)38)48-35-34(47-29(7)42)33(46-28(6)41)32(45-27(5)40)31(49-35)22-44-26(4)39/h23,30-35H,8-22H2,1-7H3,(H,36,37)/t23-,30-,31-,32+,33+,34-,35-/m1/s1. The van der Waals surface area contributed by atoms with Crippen LogP contribution in [0, 0.1) is 0 Å². The predicted octanol–water partition coefficient (Wildman–Crippen LogP) is 4.61. The fraction of sp³-hybridized carbons (Fsp3) is 0.829. The van der Waals surface area contributed by atoms with Gasteiger partial charge in [0.05, 0.1) is 18.8 Å². The normalized spacial score (nSPS) is 21.5. The van der Waals surface area contributed by atoms with E-state index < -0.39 is 66.7 Å². The molecule has 1 fully saturated rings. The third-order valence-corrected chi connectivity index (χ3v) is 7.93. The Kier molecular flexibility index (Phi) is 22.2. The lowest BCUT2D eigenvalue weighted by Crippen LogP contribution is -2.63. The minimum absolute atomic E-state index is 0.226. The summed E-state index contributed by atoms with van der Waals surface area (Å²) < 4.78 is 39.1. The zero-order chi connectivity index (χ0) is 36.8. The molecule has 0 spiro atoms. The molecule has 0 aromatic heterocycles. The summed E-state index contributed by atoms with van der Waals surface area (Å²) in [6.07, 6.45) is 6.45. The Balaban J connectivity index is 2.83. The summed E-state index contributed by atoms with van der Waals surface area (Å²) in [5.41, 5.74) is 0. The van der Waals surface area contributed by atoms with Gasteiger partial charge in [-0.25, -0.2) is 0 Å². The van der Waals surface area contributed by atoms with Gasteiger partial charge < -0.3 is 38.5 Å². The Morgan fingerprint density at radius 2 is 1.02 bits per heavy atom. The summed E-state index contributed by atoms with van der Waals surface area (Å²) in [6, 6.07) is -0.467. The van der Waals surface area contributed by atoms with E-state index in [1.807, 2.05) is 0 Å². The zero-order valence-corrected chi connectivity index (χ0v) is 30.5. The largest absolute Gasteiger partial charge is 0.466 e. The number of hydrogen-bond donors (Lipinski definition) is 1. The summed E-state index contributed by atoms with van der Waals surface area (Å²) in [7, 11) is 0. The van der Waals surface area contributed by atoms with E-state index in [0.29, 0.717) is 13.0 Å². The van der Waals surface area contributed by atoms with Gasteiger partial charge in [0.1, 0.15) is 12.7 Å². The Morgan fingerprint density at radius 3 is 1.49 bits per heavy atom.